The number of hydrogen-bond donors (Lipinski definition) is 2. The van der Waals surface area contributed by atoms with Gasteiger partial charge in [-0.15, -0.1) is 0 Å². The fourth-order valence-electron chi connectivity index (χ4n) is 1.86. The molecular weight excluding hydrogens is 196 g/mol. The van der Waals surface area contributed by atoms with Crippen LogP contribution in [0.4, 0.5) is 0 Å². The van der Waals surface area contributed by atoms with Crippen molar-refractivity contribution in [3.05, 3.63) is 0 Å². The predicted molar refractivity (Wildman–Crippen MR) is 61.4 cm³/mol. The Balaban J connectivity index is 2.22. The zero-order chi connectivity index (χ0) is 10.6. The maximum Gasteiger partial charge on any atom is 0.221 e. The van der Waals surface area contributed by atoms with Gasteiger partial charge in [-0.25, -0.2) is 0 Å². The summed E-state index contributed by atoms with van der Waals surface area (Å²) in [6, 6.07) is 0.353. The van der Waals surface area contributed by atoms with Gasteiger partial charge in [0.25, 0.3) is 0 Å². The molecule has 0 aromatic heterocycles. The molecule has 3 nitrogen and oxygen atoms in total. The van der Waals surface area contributed by atoms with E-state index in [1.807, 2.05) is 18.7 Å². The molecule has 0 saturated heterocycles. The predicted octanol–water partition coefficient (Wildman–Crippen LogP) is 1.12. The maximum atomic E-state index is 11.4. The highest BCUT2D eigenvalue weighted by Gasteiger charge is 2.24. The van der Waals surface area contributed by atoms with Gasteiger partial charge in [0.15, 0.2) is 0 Å². The molecule has 3 N–H and O–H groups in total. The number of thioether (sulfide) groups is 1. The van der Waals surface area contributed by atoms with Gasteiger partial charge >= 0.3 is 0 Å². The van der Waals surface area contributed by atoms with E-state index in [9.17, 15) is 4.79 Å². The Bertz CT molecular complexity index is 197. The molecule has 1 saturated carbocycles. The van der Waals surface area contributed by atoms with E-state index in [1.54, 1.807) is 0 Å². The molecule has 14 heavy (non-hydrogen) atoms. The Morgan fingerprint density at radius 2 is 2.36 bits per heavy atom. The van der Waals surface area contributed by atoms with E-state index in [-0.39, 0.29) is 11.9 Å². The molecule has 0 aliphatic heterocycles. The number of rotatable bonds is 4. The first-order valence-electron chi connectivity index (χ1n) is 5.19. The van der Waals surface area contributed by atoms with Gasteiger partial charge in [-0.2, -0.15) is 11.8 Å². The highest BCUT2D eigenvalue weighted by atomic mass is 32.2. The SMILES string of the molecule is CSC1CCC(NC(=O)CC(C)N)C1. The van der Waals surface area contributed by atoms with Crippen LogP contribution in [0, 0.1) is 0 Å². The van der Waals surface area contributed by atoms with Crippen molar-refractivity contribution in [2.45, 2.75) is 49.9 Å². The lowest BCUT2D eigenvalue weighted by Gasteiger charge is -2.13. The second kappa shape index (κ2) is 5.61. The largest absolute Gasteiger partial charge is 0.353 e. The average molecular weight is 216 g/mol. The lowest BCUT2D eigenvalue weighted by atomic mass is 10.2. The van der Waals surface area contributed by atoms with Crippen molar-refractivity contribution < 1.29 is 4.79 Å². The average Bonchev–Trinajstić information content (AvgIpc) is 2.50. The van der Waals surface area contributed by atoms with Crippen LogP contribution in [0.5, 0.6) is 0 Å². The van der Waals surface area contributed by atoms with Gasteiger partial charge in [0.05, 0.1) is 0 Å². The van der Waals surface area contributed by atoms with Crippen LogP contribution in [-0.4, -0.2) is 29.5 Å². The highest BCUT2D eigenvalue weighted by molar-refractivity contribution is 7.99. The van der Waals surface area contributed by atoms with E-state index in [4.69, 9.17) is 5.73 Å². The molecular formula is C10H20N2OS. The van der Waals surface area contributed by atoms with E-state index in [0.29, 0.717) is 12.5 Å². The second-order valence-corrected chi connectivity index (χ2v) is 5.25. The van der Waals surface area contributed by atoms with Crippen LogP contribution in [0.25, 0.3) is 0 Å². The minimum atomic E-state index is -0.0345. The van der Waals surface area contributed by atoms with Crippen LogP contribution in [0.15, 0.2) is 0 Å². The number of carbonyl (C=O) groups is 1. The summed E-state index contributed by atoms with van der Waals surface area (Å²) in [5.74, 6) is 0.103. The summed E-state index contributed by atoms with van der Waals surface area (Å²) in [7, 11) is 0. The molecule has 1 aliphatic rings. The van der Waals surface area contributed by atoms with Gasteiger partial charge in [-0.05, 0) is 32.4 Å². The molecule has 0 radical (unpaired) electrons. The molecule has 82 valence electrons. The Kier molecular flexibility index (Phi) is 4.75. The van der Waals surface area contributed by atoms with Crippen molar-refractivity contribution in [3.8, 4) is 0 Å². The molecule has 1 amide bonds. The quantitative estimate of drug-likeness (QED) is 0.740. The molecule has 3 atom stereocenters. The minimum absolute atomic E-state index is 0.0345. The number of hydrogen-bond acceptors (Lipinski definition) is 3. The summed E-state index contributed by atoms with van der Waals surface area (Å²) in [4.78, 5) is 11.4. The fraction of sp³-hybridized carbons (Fsp3) is 0.900. The van der Waals surface area contributed by atoms with Gasteiger partial charge in [-0.1, -0.05) is 0 Å². The summed E-state index contributed by atoms with van der Waals surface area (Å²) >= 11 is 1.90. The second-order valence-electron chi connectivity index (χ2n) is 4.12. The number of amides is 1. The normalized spacial score (nSPS) is 28.8. The van der Waals surface area contributed by atoms with E-state index >= 15 is 0 Å². The number of nitrogens with one attached hydrogen (secondary N) is 1. The highest BCUT2D eigenvalue weighted by Crippen LogP contribution is 2.28. The fourth-order valence-corrected chi connectivity index (χ4v) is 2.66. The van der Waals surface area contributed by atoms with Crippen molar-refractivity contribution in [2.75, 3.05) is 6.26 Å². The molecule has 3 unspecified atom stereocenters. The maximum absolute atomic E-state index is 11.4. The lowest BCUT2D eigenvalue weighted by molar-refractivity contribution is -0.122. The van der Waals surface area contributed by atoms with Gasteiger partial charge in [0.1, 0.15) is 0 Å². The summed E-state index contributed by atoms with van der Waals surface area (Å²) in [6.07, 6.45) is 6.05. The minimum Gasteiger partial charge on any atom is -0.353 e. The molecule has 1 aliphatic carbocycles. The third-order valence-corrected chi connectivity index (χ3v) is 3.69. The number of carbonyl (C=O) groups excluding carboxylic acids is 1. The molecule has 4 heteroatoms. The third-order valence-electron chi connectivity index (χ3n) is 2.59. The molecule has 0 heterocycles. The van der Waals surface area contributed by atoms with Gasteiger partial charge < -0.3 is 11.1 Å². The Morgan fingerprint density at radius 1 is 1.64 bits per heavy atom. The first kappa shape index (κ1) is 11.9. The molecule has 0 bridgehead atoms. The van der Waals surface area contributed by atoms with Crippen LogP contribution >= 0.6 is 11.8 Å². The summed E-state index contributed by atoms with van der Waals surface area (Å²) in [5, 5.41) is 3.77. The van der Waals surface area contributed by atoms with Crippen molar-refractivity contribution in [3.63, 3.8) is 0 Å². The zero-order valence-corrected chi connectivity index (χ0v) is 9.77. The Hall–Kier alpha value is -0.220. The molecule has 1 rings (SSSR count). The van der Waals surface area contributed by atoms with Crippen molar-refractivity contribution in [1.29, 1.82) is 0 Å². The van der Waals surface area contributed by atoms with E-state index in [0.717, 1.165) is 18.1 Å². The van der Waals surface area contributed by atoms with Crippen LogP contribution in [0.2, 0.25) is 0 Å². The monoisotopic (exact) mass is 216 g/mol. The van der Waals surface area contributed by atoms with Crippen LogP contribution in [-0.2, 0) is 4.79 Å². The Morgan fingerprint density at radius 3 is 2.86 bits per heavy atom. The summed E-state index contributed by atoms with van der Waals surface area (Å²) in [6.45, 7) is 1.86. The molecule has 0 aromatic carbocycles. The molecule has 0 spiro atoms. The first-order chi connectivity index (χ1) is 6.61. The van der Waals surface area contributed by atoms with Crippen molar-refractivity contribution in [2.24, 2.45) is 5.73 Å². The Labute approximate surface area is 90.2 Å². The smallest absolute Gasteiger partial charge is 0.221 e. The standard InChI is InChI=1S/C10H20N2OS/c1-7(11)5-10(13)12-8-3-4-9(6-8)14-2/h7-9H,3-6,11H2,1-2H3,(H,12,13). The van der Waals surface area contributed by atoms with E-state index < -0.39 is 0 Å². The van der Waals surface area contributed by atoms with Crippen molar-refractivity contribution in [1.82, 2.24) is 5.32 Å². The third kappa shape index (κ3) is 3.88. The first-order valence-corrected chi connectivity index (χ1v) is 6.48. The summed E-state index contributed by atoms with van der Waals surface area (Å²) < 4.78 is 0. The van der Waals surface area contributed by atoms with Gasteiger partial charge in [0, 0.05) is 23.8 Å². The van der Waals surface area contributed by atoms with Gasteiger partial charge in [-0.3, -0.25) is 4.79 Å². The molecule has 0 aromatic rings. The summed E-state index contributed by atoms with van der Waals surface area (Å²) in [5.41, 5.74) is 5.56. The van der Waals surface area contributed by atoms with E-state index in [1.165, 1.54) is 6.42 Å². The van der Waals surface area contributed by atoms with Crippen molar-refractivity contribution >= 4 is 17.7 Å². The lowest BCUT2D eigenvalue weighted by Crippen LogP contribution is -2.36. The van der Waals surface area contributed by atoms with Crippen LogP contribution in [0.3, 0.4) is 0 Å². The topological polar surface area (TPSA) is 55.1 Å². The van der Waals surface area contributed by atoms with Crippen LogP contribution in [0.1, 0.15) is 32.6 Å². The van der Waals surface area contributed by atoms with Crippen LogP contribution < -0.4 is 11.1 Å². The number of nitrogens with two attached hydrogens (primary N) is 1. The zero-order valence-electron chi connectivity index (χ0n) is 8.95. The molecule has 1 fully saturated rings. The van der Waals surface area contributed by atoms with Gasteiger partial charge in [0.2, 0.25) is 5.91 Å². The van der Waals surface area contributed by atoms with E-state index in [2.05, 4.69) is 11.6 Å².